The third-order valence-corrected chi connectivity index (χ3v) is 2.63. The van der Waals surface area contributed by atoms with Crippen LogP contribution in [0.3, 0.4) is 0 Å². The molecule has 0 unspecified atom stereocenters. The Kier molecular flexibility index (Phi) is 5.39. The summed E-state index contributed by atoms with van der Waals surface area (Å²) in [5, 5.41) is 5.89. The molecule has 0 bridgehead atoms. The Morgan fingerprint density at radius 3 is 2.60 bits per heavy atom. The van der Waals surface area contributed by atoms with Crippen LogP contribution in [0.2, 0.25) is 5.02 Å². The van der Waals surface area contributed by atoms with Gasteiger partial charge >= 0.3 is 6.03 Å². The molecule has 0 heterocycles. The summed E-state index contributed by atoms with van der Waals surface area (Å²) in [4.78, 5) is 15.9. The van der Waals surface area contributed by atoms with Crippen molar-refractivity contribution in [3.8, 4) is 0 Å². The highest BCUT2D eigenvalue weighted by Gasteiger charge is 2.14. The number of carbonyl (C=O) groups is 1. The number of urea groups is 1. The summed E-state index contributed by atoms with van der Waals surface area (Å²) in [5.74, 6) is 0.0452. The molecule has 0 fully saturated rings. The van der Waals surface area contributed by atoms with Crippen LogP contribution in [-0.2, 0) is 6.42 Å². The summed E-state index contributed by atoms with van der Waals surface area (Å²) in [6.07, 6.45) is 0.779. The predicted molar refractivity (Wildman–Crippen MR) is 83.5 cm³/mol. The number of amides is 2. The van der Waals surface area contributed by atoms with Crippen LogP contribution >= 0.6 is 11.6 Å². The van der Waals surface area contributed by atoms with Crippen molar-refractivity contribution in [2.24, 2.45) is 10.7 Å². The molecule has 1 aromatic carbocycles. The van der Waals surface area contributed by atoms with E-state index in [4.69, 9.17) is 17.3 Å². The first-order valence-electron chi connectivity index (χ1n) is 6.43. The number of nitrogens with zero attached hydrogens (tertiary/aromatic N) is 1. The molecule has 1 rings (SSSR count). The van der Waals surface area contributed by atoms with Gasteiger partial charge in [0.1, 0.15) is 0 Å². The van der Waals surface area contributed by atoms with Crippen molar-refractivity contribution in [2.75, 3.05) is 0 Å². The molecule has 0 aliphatic rings. The second kappa shape index (κ2) is 6.61. The smallest absolute Gasteiger partial charge is 0.321 e. The van der Waals surface area contributed by atoms with Crippen LogP contribution in [0.15, 0.2) is 23.2 Å². The lowest BCUT2D eigenvalue weighted by Gasteiger charge is -2.20. The summed E-state index contributed by atoms with van der Waals surface area (Å²) in [6.45, 7) is 7.65. The van der Waals surface area contributed by atoms with E-state index in [1.807, 2.05) is 33.8 Å². The van der Waals surface area contributed by atoms with Gasteiger partial charge < -0.3 is 11.1 Å². The van der Waals surface area contributed by atoms with Gasteiger partial charge in [0.2, 0.25) is 5.96 Å². The Labute approximate surface area is 124 Å². The number of nitrogens with one attached hydrogen (secondary N) is 2. The Morgan fingerprint density at radius 1 is 1.40 bits per heavy atom. The summed E-state index contributed by atoms with van der Waals surface area (Å²) in [5.41, 5.74) is 7.07. The third kappa shape index (κ3) is 5.48. The van der Waals surface area contributed by atoms with Crippen LogP contribution in [0, 0.1) is 0 Å². The van der Waals surface area contributed by atoms with Crippen molar-refractivity contribution in [3.05, 3.63) is 28.8 Å². The maximum atomic E-state index is 11.7. The van der Waals surface area contributed by atoms with Gasteiger partial charge in [0.15, 0.2) is 0 Å². The number of nitrogens with two attached hydrogens (primary N) is 1. The fourth-order valence-electron chi connectivity index (χ4n) is 1.59. The maximum Gasteiger partial charge on any atom is 0.321 e. The number of aryl methyl sites for hydroxylation is 1. The van der Waals surface area contributed by atoms with Crippen molar-refractivity contribution in [3.63, 3.8) is 0 Å². The Morgan fingerprint density at radius 2 is 2.05 bits per heavy atom. The van der Waals surface area contributed by atoms with E-state index in [0.29, 0.717) is 10.7 Å². The minimum atomic E-state index is -0.384. The number of benzene rings is 1. The quantitative estimate of drug-likeness (QED) is 0.579. The SMILES string of the molecule is CCc1cc(Cl)ccc1N=C(N)NC(=O)NC(C)(C)C. The molecule has 1 aromatic rings. The maximum absolute atomic E-state index is 11.7. The fraction of sp³-hybridized carbons (Fsp3) is 0.429. The van der Waals surface area contributed by atoms with Crippen LogP contribution in [0.25, 0.3) is 0 Å². The highest BCUT2D eigenvalue weighted by atomic mass is 35.5. The summed E-state index contributed by atoms with van der Waals surface area (Å²) in [6, 6.07) is 4.97. The lowest BCUT2D eigenvalue weighted by atomic mass is 10.1. The van der Waals surface area contributed by atoms with Gasteiger partial charge in [0.05, 0.1) is 5.69 Å². The van der Waals surface area contributed by atoms with E-state index in [9.17, 15) is 4.79 Å². The van der Waals surface area contributed by atoms with Crippen molar-refractivity contribution < 1.29 is 4.79 Å². The molecule has 0 saturated carbocycles. The molecule has 110 valence electrons. The van der Waals surface area contributed by atoms with E-state index in [0.717, 1.165) is 12.0 Å². The van der Waals surface area contributed by atoms with E-state index in [2.05, 4.69) is 15.6 Å². The number of rotatable bonds is 2. The second-order valence-corrected chi connectivity index (χ2v) is 5.89. The first-order chi connectivity index (χ1) is 9.21. The highest BCUT2D eigenvalue weighted by Crippen LogP contribution is 2.23. The normalized spacial score (nSPS) is 12.2. The number of aliphatic imine (C=N–C) groups is 1. The largest absolute Gasteiger partial charge is 0.369 e. The standard InChI is InChI=1S/C14H21ClN4O/c1-5-9-8-10(15)6-7-11(9)17-12(16)18-13(20)19-14(2,3)4/h6-8H,5H2,1-4H3,(H4,16,17,18,19,20). The molecule has 0 spiro atoms. The van der Waals surface area contributed by atoms with E-state index >= 15 is 0 Å². The molecule has 20 heavy (non-hydrogen) atoms. The Balaban J connectivity index is 2.81. The molecule has 0 saturated heterocycles. The van der Waals surface area contributed by atoms with Crippen LogP contribution in [-0.4, -0.2) is 17.5 Å². The fourth-order valence-corrected chi connectivity index (χ4v) is 1.79. The molecule has 5 nitrogen and oxygen atoms in total. The molecule has 2 amide bonds. The van der Waals surface area contributed by atoms with Gasteiger partial charge in [0.25, 0.3) is 0 Å². The van der Waals surface area contributed by atoms with E-state index in [1.165, 1.54) is 0 Å². The van der Waals surface area contributed by atoms with E-state index < -0.39 is 0 Å². The third-order valence-electron chi connectivity index (χ3n) is 2.39. The van der Waals surface area contributed by atoms with Gasteiger partial charge in [-0.3, -0.25) is 5.32 Å². The van der Waals surface area contributed by atoms with Gasteiger partial charge in [-0.1, -0.05) is 18.5 Å². The molecule has 6 heteroatoms. The lowest BCUT2D eigenvalue weighted by molar-refractivity contribution is 0.236. The van der Waals surface area contributed by atoms with Crippen molar-refractivity contribution in [1.29, 1.82) is 0 Å². The summed E-state index contributed by atoms with van der Waals surface area (Å²) >= 11 is 5.93. The molecular formula is C14H21ClN4O. The zero-order chi connectivity index (χ0) is 15.3. The van der Waals surface area contributed by atoms with Crippen LogP contribution in [0.1, 0.15) is 33.3 Å². The minimum absolute atomic E-state index is 0.0452. The molecule has 0 aromatic heterocycles. The van der Waals surface area contributed by atoms with Gasteiger partial charge in [-0.15, -0.1) is 0 Å². The Bertz CT molecular complexity index is 520. The second-order valence-electron chi connectivity index (χ2n) is 5.45. The van der Waals surface area contributed by atoms with Gasteiger partial charge in [0, 0.05) is 10.6 Å². The average molecular weight is 297 g/mol. The zero-order valence-corrected chi connectivity index (χ0v) is 13.0. The highest BCUT2D eigenvalue weighted by molar-refractivity contribution is 6.30. The molecular weight excluding hydrogens is 276 g/mol. The van der Waals surface area contributed by atoms with Gasteiger partial charge in [-0.25, -0.2) is 9.79 Å². The number of hydrogen-bond donors (Lipinski definition) is 3. The topological polar surface area (TPSA) is 79.5 Å². The number of halogens is 1. The first-order valence-corrected chi connectivity index (χ1v) is 6.81. The average Bonchev–Trinajstić information content (AvgIpc) is 2.28. The zero-order valence-electron chi connectivity index (χ0n) is 12.2. The summed E-state index contributed by atoms with van der Waals surface area (Å²) < 4.78 is 0. The lowest BCUT2D eigenvalue weighted by Crippen LogP contribution is -2.50. The van der Waals surface area contributed by atoms with Crippen molar-refractivity contribution >= 4 is 29.3 Å². The molecule has 4 N–H and O–H groups in total. The number of carbonyl (C=O) groups excluding carboxylic acids is 1. The Hall–Kier alpha value is -1.75. The molecule has 0 aliphatic heterocycles. The molecule has 0 aliphatic carbocycles. The first kappa shape index (κ1) is 16.3. The van der Waals surface area contributed by atoms with Crippen LogP contribution < -0.4 is 16.4 Å². The molecule has 0 atom stereocenters. The predicted octanol–water partition coefficient (Wildman–Crippen LogP) is 2.95. The monoisotopic (exact) mass is 296 g/mol. The van der Waals surface area contributed by atoms with Crippen LogP contribution in [0.4, 0.5) is 10.5 Å². The van der Waals surface area contributed by atoms with Crippen LogP contribution in [0.5, 0.6) is 0 Å². The van der Waals surface area contributed by atoms with Crippen molar-refractivity contribution in [2.45, 2.75) is 39.7 Å². The molecule has 0 radical (unpaired) electrons. The van der Waals surface area contributed by atoms with Crippen molar-refractivity contribution in [1.82, 2.24) is 10.6 Å². The summed E-state index contributed by atoms with van der Waals surface area (Å²) in [7, 11) is 0. The number of hydrogen-bond acceptors (Lipinski definition) is 2. The van der Waals surface area contributed by atoms with E-state index in [-0.39, 0.29) is 17.5 Å². The minimum Gasteiger partial charge on any atom is -0.369 e. The van der Waals surface area contributed by atoms with E-state index in [1.54, 1.807) is 12.1 Å². The number of guanidine groups is 1. The van der Waals surface area contributed by atoms with Gasteiger partial charge in [-0.2, -0.15) is 0 Å². The van der Waals surface area contributed by atoms with Gasteiger partial charge in [-0.05, 0) is 51.0 Å².